The van der Waals surface area contributed by atoms with E-state index in [1.54, 1.807) is 0 Å². The molecule has 0 heterocycles. The van der Waals surface area contributed by atoms with Crippen molar-refractivity contribution in [2.24, 2.45) is 5.73 Å². The van der Waals surface area contributed by atoms with Crippen LogP contribution in [0.3, 0.4) is 0 Å². The van der Waals surface area contributed by atoms with Gasteiger partial charge in [-0.05, 0) is 32.4 Å². The molecular formula is C14H19NO. The van der Waals surface area contributed by atoms with Gasteiger partial charge >= 0.3 is 0 Å². The lowest BCUT2D eigenvalue weighted by Gasteiger charge is -2.14. The van der Waals surface area contributed by atoms with Crippen LogP contribution in [0.1, 0.15) is 37.4 Å². The molecule has 0 unspecified atom stereocenters. The molecule has 1 atom stereocenters. The summed E-state index contributed by atoms with van der Waals surface area (Å²) in [5, 5.41) is 0. The Morgan fingerprint density at radius 2 is 2.19 bits per heavy atom. The highest BCUT2D eigenvalue weighted by Gasteiger charge is 2.07. The quantitative estimate of drug-likeness (QED) is 0.621. The molecule has 86 valence electrons. The van der Waals surface area contributed by atoms with Gasteiger partial charge in [-0.25, -0.2) is 0 Å². The third kappa shape index (κ3) is 3.60. The number of aryl methyl sites for hydroxylation is 1. The minimum atomic E-state index is -0.00661. The van der Waals surface area contributed by atoms with Crippen molar-refractivity contribution in [2.75, 3.05) is 6.61 Å². The van der Waals surface area contributed by atoms with Gasteiger partial charge in [-0.3, -0.25) is 0 Å². The first kappa shape index (κ1) is 12.6. The zero-order valence-electron chi connectivity index (χ0n) is 10.2. The zero-order chi connectivity index (χ0) is 12.0. The number of nitrogens with two attached hydrogens (primary N) is 1. The molecule has 0 aliphatic carbocycles. The third-order valence-corrected chi connectivity index (χ3v) is 2.32. The highest BCUT2D eigenvalue weighted by molar-refractivity contribution is 5.38. The second-order valence-corrected chi connectivity index (χ2v) is 3.86. The Kier molecular flexibility index (Phi) is 4.88. The molecule has 0 aromatic heterocycles. The van der Waals surface area contributed by atoms with Crippen molar-refractivity contribution in [3.63, 3.8) is 0 Å². The van der Waals surface area contributed by atoms with Crippen LogP contribution in [0.25, 0.3) is 0 Å². The summed E-state index contributed by atoms with van der Waals surface area (Å²) >= 11 is 0. The summed E-state index contributed by atoms with van der Waals surface area (Å²) in [5.74, 6) is 6.71. The second-order valence-electron chi connectivity index (χ2n) is 3.86. The van der Waals surface area contributed by atoms with Gasteiger partial charge in [0.05, 0.1) is 6.61 Å². The van der Waals surface area contributed by atoms with Gasteiger partial charge in [-0.2, -0.15) is 0 Å². The lowest BCUT2D eigenvalue weighted by atomic mass is 10.1. The third-order valence-electron chi connectivity index (χ3n) is 2.32. The van der Waals surface area contributed by atoms with E-state index in [1.807, 2.05) is 32.9 Å². The van der Waals surface area contributed by atoms with Crippen molar-refractivity contribution in [1.82, 2.24) is 0 Å². The van der Waals surface area contributed by atoms with E-state index < -0.39 is 0 Å². The molecule has 0 spiro atoms. The molecule has 1 rings (SSSR count). The van der Waals surface area contributed by atoms with Crippen molar-refractivity contribution < 1.29 is 4.74 Å². The Morgan fingerprint density at radius 3 is 2.81 bits per heavy atom. The minimum absolute atomic E-state index is 0.00661. The topological polar surface area (TPSA) is 35.2 Å². The molecule has 2 N–H and O–H groups in total. The molecule has 0 fully saturated rings. The lowest BCUT2D eigenvalue weighted by Crippen LogP contribution is -2.08. The smallest absolute Gasteiger partial charge is 0.124 e. The van der Waals surface area contributed by atoms with Gasteiger partial charge in [0.25, 0.3) is 0 Å². The fourth-order valence-electron chi connectivity index (χ4n) is 1.48. The van der Waals surface area contributed by atoms with E-state index in [2.05, 4.69) is 17.9 Å². The van der Waals surface area contributed by atoms with E-state index in [1.165, 1.54) is 5.56 Å². The van der Waals surface area contributed by atoms with Gasteiger partial charge in [-0.1, -0.05) is 12.1 Å². The number of benzene rings is 1. The molecule has 2 nitrogen and oxygen atoms in total. The van der Waals surface area contributed by atoms with Gasteiger partial charge in [0.1, 0.15) is 5.75 Å². The van der Waals surface area contributed by atoms with Crippen LogP contribution in [0.15, 0.2) is 18.2 Å². The summed E-state index contributed by atoms with van der Waals surface area (Å²) in [6.07, 6.45) is 0.753. The van der Waals surface area contributed by atoms with Crippen LogP contribution in [0, 0.1) is 18.8 Å². The monoisotopic (exact) mass is 217 g/mol. The van der Waals surface area contributed by atoms with Gasteiger partial charge < -0.3 is 10.5 Å². The molecule has 0 amide bonds. The molecular weight excluding hydrogens is 198 g/mol. The number of rotatable bonds is 4. The standard InChI is InChI=1S/C14H19NO/c1-4-5-6-9-16-14-10-11(2)7-8-13(14)12(3)15/h7-8,10,12H,6,9,15H2,1-3H3/t12-/m0/s1. The normalized spacial score (nSPS) is 11.5. The first-order valence-corrected chi connectivity index (χ1v) is 5.53. The molecule has 0 bridgehead atoms. The highest BCUT2D eigenvalue weighted by Crippen LogP contribution is 2.25. The Morgan fingerprint density at radius 1 is 1.44 bits per heavy atom. The summed E-state index contributed by atoms with van der Waals surface area (Å²) in [6, 6.07) is 6.10. The van der Waals surface area contributed by atoms with Gasteiger partial charge in [-0.15, -0.1) is 11.8 Å². The molecule has 0 radical (unpaired) electrons. The summed E-state index contributed by atoms with van der Waals surface area (Å²) in [6.45, 7) is 6.46. The summed E-state index contributed by atoms with van der Waals surface area (Å²) in [7, 11) is 0. The Balaban J connectivity index is 2.74. The van der Waals surface area contributed by atoms with E-state index in [4.69, 9.17) is 10.5 Å². The average Bonchev–Trinajstić information content (AvgIpc) is 2.24. The van der Waals surface area contributed by atoms with Crippen LogP contribution in [0.4, 0.5) is 0 Å². The SMILES string of the molecule is CC#CCCOc1cc(C)ccc1[C@H](C)N. The van der Waals surface area contributed by atoms with Crippen molar-refractivity contribution in [3.05, 3.63) is 29.3 Å². The highest BCUT2D eigenvalue weighted by atomic mass is 16.5. The number of hydrogen-bond acceptors (Lipinski definition) is 2. The van der Waals surface area contributed by atoms with E-state index in [0.717, 1.165) is 17.7 Å². The predicted octanol–water partition coefficient (Wildman–Crippen LogP) is 2.81. The number of ether oxygens (including phenoxy) is 1. The summed E-state index contributed by atoms with van der Waals surface area (Å²) < 4.78 is 5.70. The molecule has 0 saturated carbocycles. The van der Waals surface area contributed by atoms with E-state index in [0.29, 0.717) is 6.61 Å². The lowest BCUT2D eigenvalue weighted by molar-refractivity contribution is 0.322. The molecule has 0 aliphatic rings. The largest absolute Gasteiger partial charge is 0.492 e. The van der Waals surface area contributed by atoms with Crippen LogP contribution in [-0.4, -0.2) is 6.61 Å². The summed E-state index contributed by atoms with van der Waals surface area (Å²) in [5.41, 5.74) is 8.12. The molecule has 1 aromatic carbocycles. The van der Waals surface area contributed by atoms with Crippen molar-refractivity contribution >= 4 is 0 Å². The van der Waals surface area contributed by atoms with E-state index in [-0.39, 0.29) is 6.04 Å². The van der Waals surface area contributed by atoms with Crippen molar-refractivity contribution in [2.45, 2.75) is 33.2 Å². The van der Waals surface area contributed by atoms with Crippen molar-refractivity contribution in [3.8, 4) is 17.6 Å². The van der Waals surface area contributed by atoms with Crippen LogP contribution >= 0.6 is 0 Å². The minimum Gasteiger partial charge on any atom is -0.492 e. The predicted molar refractivity (Wildman–Crippen MR) is 67.3 cm³/mol. The Hall–Kier alpha value is -1.46. The fraction of sp³-hybridized carbons (Fsp3) is 0.429. The van der Waals surface area contributed by atoms with Crippen LogP contribution < -0.4 is 10.5 Å². The van der Waals surface area contributed by atoms with Gasteiger partial charge in [0.2, 0.25) is 0 Å². The molecule has 16 heavy (non-hydrogen) atoms. The van der Waals surface area contributed by atoms with E-state index in [9.17, 15) is 0 Å². The first-order valence-electron chi connectivity index (χ1n) is 5.53. The van der Waals surface area contributed by atoms with Crippen LogP contribution in [0.2, 0.25) is 0 Å². The summed E-state index contributed by atoms with van der Waals surface area (Å²) in [4.78, 5) is 0. The maximum Gasteiger partial charge on any atom is 0.124 e. The van der Waals surface area contributed by atoms with Gasteiger partial charge in [0.15, 0.2) is 0 Å². The molecule has 1 aromatic rings. The Bertz CT molecular complexity index is 399. The molecule has 0 saturated heterocycles. The van der Waals surface area contributed by atoms with Crippen molar-refractivity contribution in [1.29, 1.82) is 0 Å². The molecule has 0 aliphatic heterocycles. The van der Waals surface area contributed by atoms with Gasteiger partial charge in [0, 0.05) is 18.0 Å². The van der Waals surface area contributed by atoms with Crippen LogP contribution in [-0.2, 0) is 0 Å². The fourth-order valence-corrected chi connectivity index (χ4v) is 1.48. The number of hydrogen-bond donors (Lipinski definition) is 1. The van der Waals surface area contributed by atoms with Crippen LogP contribution in [0.5, 0.6) is 5.75 Å². The Labute approximate surface area is 97.8 Å². The maximum atomic E-state index is 5.89. The zero-order valence-corrected chi connectivity index (χ0v) is 10.2. The first-order chi connectivity index (χ1) is 7.65. The molecule has 2 heteroatoms. The average molecular weight is 217 g/mol. The maximum absolute atomic E-state index is 5.89. The second kappa shape index (κ2) is 6.19. The van der Waals surface area contributed by atoms with E-state index >= 15 is 0 Å².